The van der Waals surface area contributed by atoms with E-state index < -0.39 is 5.82 Å². The van der Waals surface area contributed by atoms with E-state index in [1.165, 1.54) is 18.9 Å². The molecule has 5 nitrogen and oxygen atoms in total. The Morgan fingerprint density at radius 2 is 2.20 bits per heavy atom. The van der Waals surface area contributed by atoms with Crippen LogP contribution < -0.4 is 15.4 Å². The van der Waals surface area contributed by atoms with Crippen LogP contribution in [0.5, 0.6) is 11.5 Å². The van der Waals surface area contributed by atoms with Gasteiger partial charge >= 0.3 is 0 Å². The highest BCUT2D eigenvalue weighted by atomic mass is 19.1. The molecule has 0 saturated heterocycles. The summed E-state index contributed by atoms with van der Waals surface area (Å²) in [5, 5.41) is 6.53. The second-order valence-electron chi connectivity index (χ2n) is 6.08. The molecule has 1 aromatic carbocycles. The minimum atomic E-state index is -0.410. The molecular weight excluding hydrogens is 319 g/mol. The predicted molar refractivity (Wildman–Crippen MR) is 96.3 cm³/mol. The Kier molecular flexibility index (Phi) is 5.82. The molecule has 25 heavy (non-hydrogen) atoms. The Morgan fingerprint density at radius 1 is 1.32 bits per heavy atom. The first-order valence-corrected chi connectivity index (χ1v) is 8.63. The number of nitrogens with one attached hydrogen (secondary N) is 2. The topological polar surface area (TPSA) is 58.5 Å². The molecule has 132 valence electrons. The number of ether oxygens (including phenoxy) is 1. The number of hydrogen-bond donors (Lipinski definition) is 2. The summed E-state index contributed by atoms with van der Waals surface area (Å²) in [6.07, 6.45) is 5.77. The maximum absolute atomic E-state index is 14.2. The number of halogens is 1. The molecule has 0 atom stereocenters. The summed E-state index contributed by atoms with van der Waals surface area (Å²) in [5.74, 6) is 1.81. The summed E-state index contributed by atoms with van der Waals surface area (Å²) in [5.41, 5.74) is 0.791. The monoisotopic (exact) mass is 342 g/mol. The van der Waals surface area contributed by atoms with E-state index in [-0.39, 0.29) is 5.75 Å². The lowest BCUT2D eigenvalue weighted by atomic mass is 10.2. The largest absolute Gasteiger partial charge is 0.453 e. The fourth-order valence-electron chi connectivity index (χ4n) is 2.33. The Bertz CT molecular complexity index is 717. The second-order valence-corrected chi connectivity index (χ2v) is 6.08. The molecule has 0 aliphatic heterocycles. The van der Waals surface area contributed by atoms with E-state index >= 15 is 0 Å². The molecule has 3 rings (SSSR count). The summed E-state index contributed by atoms with van der Waals surface area (Å²) in [6, 6.07) is 8.38. The third-order valence-electron chi connectivity index (χ3n) is 3.88. The average molecular weight is 342 g/mol. The lowest BCUT2D eigenvalue weighted by Gasteiger charge is -2.11. The molecule has 0 unspecified atom stereocenters. The van der Waals surface area contributed by atoms with Crippen LogP contribution in [0.3, 0.4) is 0 Å². The van der Waals surface area contributed by atoms with Crippen LogP contribution in [0.1, 0.15) is 25.3 Å². The lowest BCUT2D eigenvalue weighted by Crippen LogP contribution is -2.38. The first-order chi connectivity index (χ1) is 12.2. The summed E-state index contributed by atoms with van der Waals surface area (Å²) in [6.45, 7) is 4.17. The van der Waals surface area contributed by atoms with Crippen molar-refractivity contribution in [1.82, 2.24) is 15.6 Å². The van der Waals surface area contributed by atoms with Gasteiger partial charge in [0.25, 0.3) is 0 Å². The zero-order chi connectivity index (χ0) is 17.5. The van der Waals surface area contributed by atoms with Crippen LogP contribution in [-0.4, -0.2) is 24.0 Å². The Morgan fingerprint density at radius 3 is 2.88 bits per heavy atom. The quantitative estimate of drug-likeness (QED) is 0.597. The Hall–Kier alpha value is -2.63. The third-order valence-corrected chi connectivity index (χ3v) is 3.88. The zero-order valence-corrected chi connectivity index (χ0v) is 14.3. The van der Waals surface area contributed by atoms with Gasteiger partial charge in [0.05, 0.1) is 12.7 Å². The van der Waals surface area contributed by atoms with Gasteiger partial charge in [-0.25, -0.2) is 9.38 Å². The number of rotatable bonds is 7. The van der Waals surface area contributed by atoms with Crippen molar-refractivity contribution >= 4 is 5.96 Å². The zero-order valence-electron chi connectivity index (χ0n) is 14.3. The molecular formula is C19H23FN4O. The van der Waals surface area contributed by atoms with Gasteiger partial charge in [0, 0.05) is 19.3 Å². The van der Waals surface area contributed by atoms with Crippen LogP contribution >= 0.6 is 0 Å². The highest BCUT2D eigenvalue weighted by Crippen LogP contribution is 2.27. The molecule has 1 aromatic heterocycles. The molecule has 0 amide bonds. The maximum Gasteiger partial charge on any atom is 0.191 e. The molecule has 1 saturated carbocycles. The normalized spacial score (nSPS) is 14.2. The number of guanidine groups is 1. The van der Waals surface area contributed by atoms with Crippen molar-refractivity contribution in [3.05, 3.63) is 54.1 Å². The fourth-order valence-corrected chi connectivity index (χ4v) is 2.33. The first kappa shape index (κ1) is 17.2. The predicted octanol–water partition coefficient (Wildman–Crippen LogP) is 3.48. The van der Waals surface area contributed by atoms with Crippen molar-refractivity contribution in [3.63, 3.8) is 0 Å². The molecule has 2 aromatic rings. The highest BCUT2D eigenvalue weighted by molar-refractivity contribution is 5.79. The Labute approximate surface area is 147 Å². The summed E-state index contributed by atoms with van der Waals surface area (Å²) < 4.78 is 19.7. The number of aromatic nitrogens is 1. The van der Waals surface area contributed by atoms with Crippen LogP contribution in [-0.2, 0) is 6.54 Å². The van der Waals surface area contributed by atoms with E-state index in [4.69, 9.17) is 4.74 Å². The molecule has 0 radical (unpaired) electrons. The van der Waals surface area contributed by atoms with Crippen LogP contribution in [0, 0.1) is 11.7 Å². The first-order valence-electron chi connectivity index (χ1n) is 8.63. The minimum absolute atomic E-state index is 0.180. The number of hydrogen-bond acceptors (Lipinski definition) is 3. The highest BCUT2D eigenvalue weighted by Gasteiger charge is 2.21. The summed E-state index contributed by atoms with van der Waals surface area (Å²) in [4.78, 5) is 8.46. The lowest BCUT2D eigenvalue weighted by molar-refractivity contribution is 0.440. The number of nitrogens with zero attached hydrogens (tertiary/aromatic N) is 2. The maximum atomic E-state index is 14.2. The minimum Gasteiger partial charge on any atom is -0.453 e. The molecule has 6 heteroatoms. The van der Waals surface area contributed by atoms with E-state index in [2.05, 4.69) is 20.6 Å². The molecule has 0 bridgehead atoms. The second kappa shape index (κ2) is 8.46. The van der Waals surface area contributed by atoms with Gasteiger partial charge in [0.2, 0.25) is 0 Å². The van der Waals surface area contributed by atoms with E-state index in [9.17, 15) is 4.39 Å². The van der Waals surface area contributed by atoms with Crippen LogP contribution in [0.15, 0.2) is 47.7 Å². The van der Waals surface area contributed by atoms with Gasteiger partial charge in [0.15, 0.2) is 17.5 Å². The summed E-state index contributed by atoms with van der Waals surface area (Å²) in [7, 11) is 0. The number of benzene rings is 1. The molecule has 0 spiro atoms. The SMILES string of the molecule is CCNC(=NCc1ccc(Oc2cccnc2)c(F)c1)NCC1CC1. The van der Waals surface area contributed by atoms with Crippen LogP contribution in [0.2, 0.25) is 0 Å². The van der Waals surface area contributed by atoms with Gasteiger partial charge in [-0.05, 0) is 55.5 Å². The van der Waals surface area contributed by atoms with Crippen molar-refractivity contribution in [2.24, 2.45) is 10.9 Å². The molecule has 1 fully saturated rings. The number of aliphatic imine (C=N–C) groups is 1. The summed E-state index contributed by atoms with van der Waals surface area (Å²) >= 11 is 0. The average Bonchev–Trinajstić information content (AvgIpc) is 3.45. The van der Waals surface area contributed by atoms with Crippen molar-refractivity contribution in [3.8, 4) is 11.5 Å². The standard InChI is InChI=1S/C19H23FN4O/c1-2-22-19(23-11-14-5-6-14)24-12-15-7-8-18(17(20)10-15)25-16-4-3-9-21-13-16/h3-4,7-10,13-14H,2,5-6,11-12H2,1H3,(H2,22,23,24). The molecule has 2 N–H and O–H groups in total. The molecule has 1 aliphatic carbocycles. The van der Waals surface area contributed by atoms with Crippen LogP contribution in [0.25, 0.3) is 0 Å². The van der Waals surface area contributed by atoms with E-state index in [1.807, 2.05) is 13.0 Å². The van der Waals surface area contributed by atoms with E-state index in [1.54, 1.807) is 30.6 Å². The van der Waals surface area contributed by atoms with Gasteiger partial charge in [0.1, 0.15) is 5.75 Å². The van der Waals surface area contributed by atoms with Gasteiger partial charge in [-0.2, -0.15) is 0 Å². The van der Waals surface area contributed by atoms with Crippen molar-refractivity contribution in [1.29, 1.82) is 0 Å². The van der Waals surface area contributed by atoms with Gasteiger partial charge < -0.3 is 15.4 Å². The molecule has 1 aliphatic rings. The van der Waals surface area contributed by atoms with Gasteiger partial charge in [-0.1, -0.05) is 6.07 Å². The molecule has 1 heterocycles. The fraction of sp³-hybridized carbons (Fsp3) is 0.368. The van der Waals surface area contributed by atoms with Crippen molar-refractivity contribution in [2.45, 2.75) is 26.3 Å². The van der Waals surface area contributed by atoms with E-state index in [0.29, 0.717) is 12.3 Å². The van der Waals surface area contributed by atoms with E-state index in [0.717, 1.165) is 30.5 Å². The van der Waals surface area contributed by atoms with Crippen molar-refractivity contribution < 1.29 is 9.13 Å². The van der Waals surface area contributed by atoms with Crippen LogP contribution in [0.4, 0.5) is 4.39 Å². The smallest absolute Gasteiger partial charge is 0.191 e. The number of pyridine rings is 1. The third kappa shape index (κ3) is 5.45. The van der Waals surface area contributed by atoms with Gasteiger partial charge in [-0.15, -0.1) is 0 Å². The Balaban J connectivity index is 1.61. The van der Waals surface area contributed by atoms with Gasteiger partial charge in [-0.3, -0.25) is 4.98 Å². The van der Waals surface area contributed by atoms with Crippen molar-refractivity contribution in [2.75, 3.05) is 13.1 Å².